The number of rotatable bonds is 6. The summed E-state index contributed by atoms with van der Waals surface area (Å²) in [5.74, 6) is -0.0901. The highest BCUT2D eigenvalue weighted by Crippen LogP contribution is 2.23. The minimum absolute atomic E-state index is 0.0313. The van der Waals surface area contributed by atoms with Gasteiger partial charge in [-0.15, -0.1) is 0 Å². The van der Waals surface area contributed by atoms with E-state index in [1.807, 2.05) is 42.5 Å². The first-order valence-electron chi connectivity index (χ1n) is 6.52. The number of phenols is 1. The molecule has 0 aliphatic heterocycles. The molecule has 1 amide bonds. The molecule has 0 fully saturated rings. The van der Waals surface area contributed by atoms with Crippen molar-refractivity contribution in [3.05, 3.63) is 65.7 Å². The first kappa shape index (κ1) is 14.1. The number of nitrogens with two attached hydrogens (primary N) is 1. The van der Waals surface area contributed by atoms with Crippen LogP contribution in [-0.2, 0) is 4.79 Å². The predicted molar refractivity (Wildman–Crippen MR) is 78.2 cm³/mol. The smallest absolute Gasteiger partial charge is 0.218 e. The zero-order valence-corrected chi connectivity index (χ0v) is 11.1. The number of carbonyl (C=O) groups excluding carboxylic acids is 1. The molecule has 0 saturated heterocycles. The van der Waals surface area contributed by atoms with Gasteiger partial charge in [-0.25, -0.2) is 0 Å². The van der Waals surface area contributed by atoms with E-state index in [-0.39, 0.29) is 17.7 Å². The quantitative estimate of drug-likeness (QED) is 0.751. The summed E-state index contributed by atoms with van der Waals surface area (Å²) in [6, 6.07) is 17.0. The summed E-state index contributed by atoms with van der Waals surface area (Å²) in [6.07, 6.45) is 0.293. The molecule has 2 aromatic carbocycles. The maximum absolute atomic E-state index is 10.8. The Kier molecular flexibility index (Phi) is 4.74. The molecule has 0 saturated carbocycles. The number of carbonyl (C=O) groups is 1. The molecule has 4 N–H and O–H groups in total. The summed E-state index contributed by atoms with van der Waals surface area (Å²) in [5.41, 5.74) is 7.29. The molecule has 4 heteroatoms. The highest BCUT2D eigenvalue weighted by Gasteiger charge is 2.13. The lowest BCUT2D eigenvalue weighted by atomic mass is 9.98. The van der Waals surface area contributed by atoms with Gasteiger partial charge in [0.25, 0.3) is 0 Å². The minimum Gasteiger partial charge on any atom is -0.508 e. The Balaban J connectivity index is 2.20. The van der Waals surface area contributed by atoms with Gasteiger partial charge in [-0.1, -0.05) is 42.5 Å². The average molecular weight is 270 g/mol. The Morgan fingerprint density at radius 3 is 2.25 bits per heavy atom. The van der Waals surface area contributed by atoms with Gasteiger partial charge in [-0.2, -0.15) is 0 Å². The summed E-state index contributed by atoms with van der Waals surface area (Å²) < 4.78 is 0. The molecular weight excluding hydrogens is 252 g/mol. The Hall–Kier alpha value is -2.33. The van der Waals surface area contributed by atoms with Crippen LogP contribution in [0.15, 0.2) is 54.6 Å². The average Bonchev–Trinajstić information content (AvgIpc) is 2.46. The topological polar surface area (TPSA) is 75.4 Å². The SMILES string of the molecule is NC(=O)CCNC(c1ccccc1)c1ccc(O)cc1. The molecule has 2 rings (SSSR count). The number of aromatic hydroxyl groups is 1. The molecular formula is C16H18N2O2. The molecule has 0 radical (unpaired) electrons. The number of benzene rings is 2. The minimum atomic E-state index is -0.324. The van der Waals surface area contributed by atoms with Crippen LogP contribution >= 0.6 is 0 Å². The van der Waals surface area contributed by atoms with Crippen molar-refractivity contribution in [1.82, 2.24) is 5.32 Å². The predicted octanol–water partition coefficient (Wildman–Crippen LogP) is 1.95. The van der Waals surface area contributed by atoms with E-state index < -0.39 is 0 Å². The number of hydrogen-bond acceptors (Lipinski definition) is 3. The summed E-state index contributed by atoms with van der Waals surface area (Å²) in [7, 11) is 0. The van der Waals surface area contributed by atoms with Crippen LogP contribution in [-0.4, -0.2) is 17.6 Å². The Labute approximate surface area is 118 Å². The van der Waals surface area contributed by atoms with E-state index >= 15 is 0 Å². The van der Waals surface area contributed by atoms with Crippen LogP contribution < -0.4 is 11.1 Å². The molecule has 20 heavy (non-hydrogen) atoms. The third-order valence-corrected chi connectivity index (χ3v) is 3.08. The van der Waals surface area contributed by atoms with Crippen LogP contribution in [0.4, 0.5) is 0 Å². The molecule has 0 bridgehead atoms. The molecule has 104 valence electrons. The van der Waals surface area contributed by atoms with E-state index in [0.29, 0.717) is 13.0 Å². The van der Waals surface area contributed by atoms with Gasteiger partial charge in [0.2, 0.25) is 5.91 Å². The van der Waals surface area contributed by atoms with Crippen molar-refractivity contribution in [2.75, 3.05) is 6.54 Å². The van der Waals surface area contributed by atoms with E-state index in [1.165, 1.54) is 0 Å². The third kappa shape index (κ3) is 3.83. The number of phenolic OH excluding ortho intramolecular Hbond substituents is 1. The van der Waals surface area contributed by atoms with E-state index in [1.54, 1.807) is 12.1 Å². The zero-order chi connectivity index (χ0) is 14.4. The maximum Gasteiger partial charge on any atom is 0.218 e. The van der Waals surface area contributed by atoms with Crippen molar-refractivity contribution >= 4 is 5.91 Å². The van der Waals surface area contributed by atoms with Gasteiger partial charge in [-0.3, -0.25) is 4.79 Å². The second-order valence-corrected chi connectivity index (χ2v) is 4.61. The van der Waals surface area contributed by atoms with Crippen LogP contribution in [0.3, 0.4) is 0 Å². The van der Waals surface area contributed by atoms with Gasteiger partial charge >= 0.3 is 0 Å². The Morgan fingerprint density at radius 2 is 1.65 bits per heavy atom. The molecule has 0 aliphatic rings. The van der Waals surface area contributed by atoms with Crippen LogP contribution in [0.1, 0.15) is 23.6 Å². The van der Waals surface area contributed by atoms with Crippen molar-refractivity contribution in [3.8, 4) is 5.75 Å². The monoisotopic (exact) mass is 270 g/mol. The van der Waals surface area contributed by atoms with Gasteiger partial charge in [0.05, 0.1) is 6.04 Å². The van der Waals surface area contributed by atoms with Crippen molar-refractivity contribution < 1.29 is 9.90 Å². The number of amides is 1. The Bertz CT molecular complexity index is 552. The molecule has 0 aliphatic carbocycles. The fraction of sp³-hybridized carbons (Fsp3) is 0.188. The normalized spacial score (nSPS) is 12.0. The van der Waals surface area contributed by atoms with Gasteiger partial charge in [0.1, 0.15) is 5.75 Å². The van der Waals surface area contributed by atoms with Crippen LogP contribution in [0.5, 0.6) is 5.75 Å². The maximum atomic E-state index is 10.8. The standard InChI is InChI=1S/C16H18N2O2/c17-15(20)10-11-18-16(12-4-2-1-3-5-12)13-6-8-14(19)9-7-13/h1-9,16,18-19H,10-11H2,(H2,17,20). The largest absolute Gasteiger partial charge is 0.508 e. The van der Waals surface area contributed by atoms with Crippen molar-refractivity contribution in [3.63, 3.8) is 0 Å². The Morgan fingerprint density at radius 1 is 1.05 bits per heavy atom. The summed E-state index contributed by atoms with van der Waals surface area (Å²) in [6.45, 7) is 0.510. The first-order valence-corrected chi connectivity index (χ1v) is 6.52. The fourth-order valence-corrected chi connectivity index (χ4v) is 2.08. The molecule has 0 aromatic heterocycles. The van der Waals surface area contributed by atoms with Gasteiger partial charge in [0, 0.05) is 13.0 Å². The summed E-state index contributed by atoms with van der Waals surface area (Å²) in [4.78, 5) is 10.8. The van der Waals surface area contributed by atoms with Crippen molar-refractivity contribution in [2.45, 2.75) is 12.5 Å². The highest BCUT2D eigenvalue weighted by atomic mass is 16.3. The van der Waals surface area contributed by atoms with Crippen LogP contribution in [0.2, 0.25) is 0 Å². The molecule has 1 atom stereocenters. The van der Waals surface area contributed by atoms with Gasteiger partial charge in [0.15, 0.2) is 0 Å². The van der Waals surface area contributed by atoms with Crippen LogP contribution in [0.25, 0.3) is 0 Å². The lowest BCUT2D eigenvalue weighted by Crippen LogP contribution is -2.26. The third-order valence-electron chi connectivity index (χ3n) is 3.08. The second-order valence-electron chi connectivity index (χ2n) is 4.61. The van der Waals surface area contributed by atoms with E-state index in [4.69, 9.17) is 5.73 Å². The fourth-order valence-electron chi connectivity index (χ4n) is 2.08. The van der Waals surface area contributed by atoms with Crippen LogP contribution in [0, 0.1) is 0 Å². The second kappa shape index (κ2) is 6.73. The lowest BCUT2D eigenvalue weighted by Gasteiger charge is -2.19. The van der Waals surface area contributed by atoms with E-state index in [9.17, 15) is 9.90 Å². The molecule has 1 unspecified atom stereocenters. The summed E-state index contributed by atoms with van der Waals surface area (Å²) in [5, 5.41) is 12.7. The van der Waals surface area contributed by atoms with Crippen molar-refractivity contribution in [1.29, 1.82) is 0 Å². The van der Waals surface area contributed by atoms with E-state index in [0.717, 1.165) is 11.1 Å². The first-order chi connectivity index (χ1) is 9.66. The zero-order valence-electron chi connectivity index (χ0n) is 11.1. The molecule has 4 nitrogen and oxygen atoms in total. The lowest BCUT2D eigenvalue weighted by molar-refractivity contribution is -0.117. The number of hydrogen-bond donors (Lipinski definition) is 3. The molecule has 2 aromatic rings. The number of primary amides is 1. The van der Waals surface area contributed by atoms with Crippen molar-refractivity contribution in [2.24, 2.45) is 5.73 Å². The van der Waals surface area contributed by atoms with Gasteiger partial charge < -0.3 is 16.2 Å². The highest BCUT2D eigenvalue weighted by molar-refractivity contribution is 5.73. The molecule has 0 heterocycles. The van der Waals surface area contributed by atoms with E-state index in [2.05, 4.69) is 5.32 Å². The number of nitrogens with one attached hydrogen (secondary N) is 1. The van der Waals surface area contributed by atoms with Gasteiger partial charge in [-0.05, 0) is 23.3 Å². The summed E-state index contributed by atoms with van der Waals surface area (Å²) >= 11 is 0. The molecule has 0 spiro atoms.